The minimum absolute atomic E-state index is 0.0382. The molecule has 1 aromatic heterocycles. The van der Waals surface area contributed by atoms with Gasteiger partial charge in [-0.3, -0.25) is 9.69 Å². The molecule has 1 aromatic rings. The molecule has 0 radical (unpaired) electrons. The van der Waals surface area contributed by atoms with Crippen LogP contribution in [-0.4, -0.2) is 66.6 Å². The lowest BCUT2D eigenvalue weighted by Gasteiger charge is -2.35. The Morgan fingerprint density at radius 2 is 2.19 bits per heavy atom. The van der Waals surface area contributed by atoms with Gasteiger partial charge < -0.3 is 15.4 Å². The zero-order valence-electron chi connectivity index (χ0n) is 12.7. The van der Waals surface area contributed by atoms with Crippen molar-refractivity contribution in [3.8, 4) is 0 Å². The monoisotopic (exact) mass is 312 g/mol. The zero-order chi connectivity index (χ0) is 15.2. The Hall–Kier alpha value is -1.02. The lowest BCUT2D eigenvalue weighted by atomic mass is 10.2. The van der Waals surface area contributed by atoms with Gasteiger partial charge in [-0.15, -0.1) is 11.3 Å². The fourth-order valence-corrected chi connectivity index (χ4v) is 3.04. The number of aromatic nitrogens is 1. The van der Waals surface area contributed by atoms with E-state index in [0.717, 1.165) is 43.4 Å². The van der Waals surface area contributed by atoms with Crippen LogP contribution in [0.4, 0.5) is 0 Å². The Labute approximate surface area is 129 Å². The number of carbonyl (C=O) groups is 1. The first-order valence-corrected chi connectivity index (χ1v) is 8.14. The third-order valence-corrected chi connectivity index (χ3v) is 4.51. The van der Waals surface area contributed by atoms with Crippen LogP contribution in [0.3, 0.4) is 0 Å². The summed E-state index contributed by atoms with van der Waals surface area (Å²) in [6.07, 6.45) is 0.577. The van der Waals surface area contributed by atoms with Crippen LogP contribution in [0.1, 0.15) is 17.1 Å². The molecule has 1 amide bonds. The summed E-state index contributed by atoms with van der Waals surface area (Å²) < 4.78 is 4.97. The van der Waals surface area contributed by atoms with Crippen molar-refractivity contribution < 1.29 is 9.53 Å². The molecule has 0 aromatic carbocycles. The highest BCUT2D eigenvalue weighted by atomic mass is 32.1. The summed E-state index contributed by atoms with van der Waals surface area (Å²) in [4.78, 5) is 20.9. The van der Waals surface area contributed by atoms with Gasteiger partial charge in [0.15, 0.2) is 0 Å². The smallest absolute Gasteiger partial charge is 0.239 e. The first-order chi connectivity index (χ1) is 10.1. The van der Waals surface area contributed by atoms with Crippen LogP contribution in [0, 0.1) is 6.92 Å². The Balaban J connectivity index is 1.76. The summed E-state index contributed by atoms with van der Waals surface area (Å²) in [5.74, 6) is 0.0382. The number of hydrogen-bond donors (Lipinski definition) is 1. The maximum absolute atomic E-state index is 12.2. The number of piperazine rings is 1. The van der Waals surface area contributed by atoms with Crippen LogP contribution in [0.5, 0.6) is 0 Å². The number of nitrogens with zero attached hydrogens (tertiary/aromatic N) is 3. The first kappa shape index (κ1) is 16.4. The van der Waals surface area contributed by atoms with E-state index in [1.807, 2.05) is 11.8 Å². The molecular weight excluding hydrogens is 288 g/mol. The van der Waals surface area contributed by atoms with Crippen LogP contribution in [0.2, 0.25) is 0 Å². The van der Waals surface area contributed by atoms with Crippen molar-refractivity contribution in [2.75, 3.05) is 39.9 Å². The van der Waals surface area contributed by atoms with Crippen molar-refractivity contribution in [3.63, 3.8) is 0 Å². The number of methoxy groups -OCH3 is 1. The lowest BCUT2D eigenvalue weighted by molar-refractivity contribution is -0.134. The second kappa shape index (κ2) is 7.84. The summed E-state index contributed by atoms with van der Waals surface area (Å²) in [7, 11) is 1.62. The summed E-state index contributed by atoms with van der Waals surface area (Å²) in [5.41, 5.74) is 7.02. The maximum atomic E-state index is 12.2. The van der Waals surface area contributed by atoms with E-state index in [1.165, 1.54) is 0 Å². The van der Waals surface area contributed by atoms with Gasteiger partial charge in [0.2, 0.25) is 5.91 Å². The topological polar surface area (TPSA) is 71.7 Å². The first-order valence-electron chi connectivity index (χ1n) is 7.27. The molecule has 0 spiro atoms. The SMILES string of the molecule is COCCC(N)C(=O)N1CCN(Cc2csc(C)n2)CC1. The second-order valence-corrected chi connectivity index (χ2v) is 6.41. The Morgan fingerprint density at radius 1 is 1.48 bits per heavy atom. The van der Waals surface area contributed by atoms with Crippen LogP contribution < -0.4 is 5.73 Å². The molecule has 1 saturated heterocycles. The predicted octanol–water partition coefficient (Wildman–Crippen LogP) is 0.460. The van der Waals surface area contributed by atoms with E-state index in [1.54, 1.807) is 18.4 Å². The lowest BCUT2D eigenvalue weighted by Crippen LogP contribution is -2.53. The van der Waals surface area contributed by atoms with E-state index < -0.39 is 6.04 Å². The highest BCUT2D eigenvalue weighted by molar-refractivity contribution is 7.09. The van der Waals surface area contributed by atoms with Crippen LogP contribution in [0.25, 0.3) is 0 Å². The van der Waals surface area contributed by atoms with Gasteiger partial charge in [-0.2, -0.15) is 0 Å². The summed E-state index contributed by atoms with van der Waals surface area (Å²) in [6.45, 7) is 6.63. The second-order valence-electron chi connectivity index (χ2n) is 5.35. The molecule has 6 nitrogen and oxygen atoms in total. The molecule has 0 bridgehead atoms. The van der Waals surface area contributed by atoms with Gasteiger partial charge in [-0.05, 0) is 13.3 Å². The van der Waals surface area contributed by atoms with E-state index >= 15 is 0 Å². The molecule has 118 valence electrons. The van der Waals surface area contributed by atoms with Gasteiger partial charge in [-0.1, -0.05) is 0 Å². The molecule has 2 rings (SSSR count). The van der Waals surface area contributed by atoms with Crippen LogP contribution in [-0.2, 0) is 16.1 Å². The Kier molecular flexibility index (Phi) is 6.10. The van der Waals surface area contributed by atoms with Gasteiger partial charge in [0.1, 0.15) is 0 Å². The van der Waals surface area contributed by atoms with Crippen molar-refractivity contribution in [1.29, 1.82) is 0 Å². The molecular formula is C14H24N4O2S. The van der Waals surface area contributed by atoms with E-state index in [4.69, 9.17) is 10.5 Å². The van der Waals surface area contributed by atoms with Gasteiger partial charge >= 0.3 is 0 Å². The number of nitrogens with two attached hydrogens (primary N) is 1. The van der Waals surface area contributed by atoms with Crippen LogP contribution in [0.15, 0.2) is 5.38 Å². The molecule has 0 aliphatic carbocycles. The fraction of sp³-hybridized carbons (Fsp3) is 0.714. The molecule has 7 heteroatoms. The minimum atomic E-state index is -0.447. The van der Waals surface area contributed by atoms with Crippen molar-refractivity contribution in [2.24, 2.45) is 5.73 Å². The van der Waals surface area contributed by atoms with Crippen LogP contribution >= 0.6 is 11.3 Å². The van der Waals surface area contributed by atoms with Crippen molar-refractivity contribution in [1.82, 2.24) is 14.8 Å². The average molecular weight is 312 g/mol. The molecule has 1 unspecified atom stereocenters. The molecule has 0 saturated carbocycles. The van der Waals surface area contributed by atoms with Gasteiger partial charge in [-0.25, -0.2) is 4.98 Å². The zero-order valence-corrected chi connectivity index (χ0v) is 13.6. The van der Waals surface area contributed by atoms with E-state index in [9.17, 15) is 4.79 Å². The number of hydrogen-bond acceptors (Lipinski definition) is 6. The third-order valence-electron chi connectivity index (χ3n) is 3.69. The van der Waals surface area contributed by atoms with Gasteiger partial charge in [0.25, 0.3) is 0 Å². The minimum Gasteiger partial charge on any atom is -0.385 e. The molecule has 1 atom stereocenters. The summed E-state index contributed by atoms with van der Waals surface area (Å²) >= 11 is 1.68. The molecule has 21 heavy (non-hydrogen) atoms. The number of amides is 1. The highest BCUT2D eigenvalue weighted by Gasteiger charge is 2.25. The fourth-order valence-electron chi connectivity index (χ4n) is 2.44. The van der Waals surface area contributed by atoms with Crippen molar-refractivity contribution >= 4 is 17.2 Å². The Morgan fingerprint density at radius 3 is 2.76 bits per heavy atom. The summed E-state index contributed by atoms with van der Waals surface area (Å²) in [6, 6.07) is -0.447. The molecule has 1 fully saturated rings. The molecule has 1 aliphatic heterocycles. The molecule has 2 N–H and O–H groups in total. The van der Waals surface area contributed by atoms with Gasteiger partial charge in [0, 0.05) is 51.8 Å². The maximum Gasteiger partial charge on any atom is 0.239 e. The van der Waals surface area contributed by atoms with E-state index in [0.29, 0.717) is 13.0 Å². The molecule has 1 aliphatic rings. The predicted molar refractivity (Wildman–Crippen MR) is 83.2 cm³/mol. The van der Waals surface area contributed by atoms with E-state index in [2.05, 4.69) is 15.3 Å². The quantitative estimate of drug-likeness (QED) is 0.826. The standard InChI is InChI=1S/C14H24N4O2S/c1-11-16-12(10-21-11)9-17-4-6-18(7-5-17)14(19)13(15)3-8-20-2/h10,13H,3-9,15H2,1-2H3. The van der Waals surface area contributed by atoms with E-state index in [-0.39, 0.29) is 5.91 Å². The molecule has 2 heterocycles. The Bertz CT molecular complexity index is 458. The van der Waals surface area contributed by atoms with Gasteiger partial charge in [0.05, 0.1) is 16.7 Å². The number of carbonyl (C=O) groups excluding carboxylic acids is 1. The normalized spacial score (nSPS) is 18.0. The number of rotatable bonds is 6. The van der Waals surface area contributed by atoms with Crippen molar-refractivity contribution in [3.05, 3.63) is 16.1 Å². The van der Waals surface area contributed by atoms with Crippen molar-refractivity contribution in [2.45, 2.75) is 25.9 Å². The number of ether oxygens (including phenoxy) is 1. The largest absolute Gasteiger partial charge is 0.385 e. The number of thiazole rings is 1. The average Bonchev–Trinajstić information content (AvgIpc) is 2.90. The number of aryl methyl sites for hydroxylation is 1. The highest BCUT2D eigenvalue weighted by Crippen LogP contribution is 2.12. The summed E-state index contributed by atoms with van der Waals surface area (Å²) in [5, 5.41) is 3.20. The third kappa shape index (κ3) is 4.74.